The molecule has 0 bridgehead atoms. The number of nitrogen functional groups attached to an aromatic ring is 1. The molecule has 0 saturated heterocycles. The molecule has 0 amide bonds. The molecule has 0 unspecified atom stereocenters. The van der Waals surface area contributed by atoms with E-state index in [9.17, 15) is 0 Å². The van der Waals surface area contributed by atoms with Gasteiger partial charge in [-0.3, -0.25) is 0 Å². The highest BCUT2D eigenvalue weighted by Gasteiger charge is 2.02. The Hall–Kier alpha value is -0.830. The van der Waals surface area contributed by atoms with Crippen LogP contribution >= 0.6 is 11.8 Å². The van der Waals surface area contributed by atoms with Crippen molar-refractivity contribution in [3.63, 3.8) is 0 Å². The number of hydrogen-bond donors (Lipinski definition) is 1. The Balaban J connectivity index is 2.63. The van der Waals surface area contributed by atoms with Gasteiger partial charge in [-0.25, -0.2) is 0 Å². The highest BCUT2D eigenvalue weighted by Crippen LogP contribution is 2.29. The zero-order valence-corrected chi connectivity index (χ0v) is 10.3. The van der Waals surface area contributed by atoms with Crippen LogP contribution in [0.1, 0.15) is 26.7 Å². The van der Waals surface area contributed by atoms with Crippen molar-refractivity contribution in [2.45, 2.75) is 31.6 Å². The maximum absolute atomic E-state index is 5.89. The van der Waals surface area contributed by atoms with Crippen molar-refractivity contribution in [3.05, 3.63) is 18.2 Å². The molecule has 1 aromatic carbocycles. The van der Waals surface area contributed by atoms with E-state index >= 15 is 0 Å². The van der Waals surface area contributed by atoms with Gasteiger partial charge in [-0.2, -0.15) is 0 Å². The zero-order chi connectivity index (χ0) is 11.1. The molecule has 15 heavy (non-hydrogen) atoms. The summed E-state index contributed by atoms with van der Waals surface area (Å²) >= 11 is 1.81. The fourth-order valence-corrected chi connectivity index (χ4v) is 2.31. The number of nitrogens with two attached hydrogens (primary N) is 1. The van der Waals surface area contributed by atoms with Crippen LogP contribution in [0.25, 0.3) is 0 Å². The van der Waals surface area contributed by atoms with Gasteiger partial charge < -0.3 is 10.5 Å². The molecule has 0 aromatic heterocycles. The molecule has 84 valence electrons. The van der Waals surface area contributed by atoms with Crippen LogP contribution < -0.4 is 10.5 Å². The predicted molar refractivity (Wildman–Crippen MR) is 67.7 cm³/mol. The third-order valence-corrected chi connectivity index (χ3v) is 3.21. The van der Waals surface area contributed by atoms with Crippen LogP contribution in [-0.2, 0) is 0 Å². The molecular formula is C12H19NOS. The van der Waals surface area contributed by atoms with Gasteiger partial charge in [0.2, 0.25) is 0 Å². The molecule has 0 aliphatic rings. The van der Waals surface area contributed by atoms with E-state index in [-0.39, 0.29) is 0 Å². The second-order valence-corrected chi connectivity index (χ2v) is 4.47. The van der Waals surface area contributed by atoms with Crippen LogP contribution in [-0.4, -0.2) is 12.4 Å². The first-order chi connectivity index (χ1) is 7.27. The van der Waals surface area contributed by atoms with Crippen molar-refractivity contribution in [2.24, 2.45) is 0 Å². The monoisotopic (exact) mass is 225 g/mol. The first-order valence-electron chi connectivity index (χ1n) is 5.43. The lowest BCUT2D eigenvalue weighted by molar-refractivity contribution is 0.339. The lowest BCUT2D eigenvalue weighted by atomic mass is 10.3. The summed E-state index contributed by atoms with van der Waals surface area (Å²) in [5.41, 5.74) is 6.74. The number of hydrogen-bond acceptors (Lipinski definition) is 3. The minimum atomic E-state index is 0.697. The molecular weight excluding hydrogens is 206 g/mol. The number of unbranched alkanes of at least 4 members (excludes halogenated alkanes) is 1. The van der Waals surface area contributed by atoms with Crippen molar-refractivity contribution in [1.82, 2.24) is 0 Å². The number of rotatable bonds is 6. The highest BCUT2D eigenvalue weighted by molar-refractivity contribution is 7.99. The molecule has 0 fully saturated rings. The van der Waals surface area contributed by atoms with Gasteiger partial charge >= 0.3 is 0 Å². The van der Waals surface area contributed by atoms with E-state index in [1.165, 1.54) is 12.8 Å². The summed E-state index contributed by atoms with van der Waals surface area (Å²) in [5, 5.41) is 0. The van der Waals surface area contributed by atoms with Crippen LogP contribution in [0.3, 0.4) is 0 Å². The van der Waals surface area contributed by atoms with Crippen LogP contribution in [0.5, 0.6) is 5.75 Å². The topological polar surface area (TPSA) is 35.2 Å². The lowest BCUT2D eigenvalue weighted by Gasteiger charge is -2.08. The summed E-state index contributed by atoms with van der Waals surface area (Å²) < 4.78 is 5.44. The van der Waals surface area contributed by atoms with E-state index in [2.05, 4.69) is 6.92 Å². The minimum absolute atomic E-state index is 0.697. The quantitative estimate of drug-likeness (QED) is 0.457. The summed E-state index contributed by atoms with van der Waals surface area (Å²) in [4.78, 5) is 1.13. The van der Waals surface area contributed by atoms with Crippen LogP contribution in [0.4, 0.5) is 5.69 Å². The molecule has 0 radical (unpaired) electrons. The van der Waals surface area contributed by atoms with Crippen molar-refractivity contribution in [3.8, 4) is 5.75 Å². The molecule has 0 heterocycles. The molecule has 1 rings (SSSR count). The maximum atomic E-state index is 5.89. The van der Waals surface area contributed by atoms with Crippen molar-refractivity contribution in [2.75, 3.05) is 18.1 Å². The van der Waals surface area contributed by atoms with Crippen LogP contribution in [0, 0.1) is 0 Å². The molecule has 0 aliphatic heterocycles. The number of benzene rings is 1. The second-order valence-electron chi connectivity index (χ2n) is 3.33. The maximum Gasteiger partial charge on any atom is 0.120 e. The van der Waals surface area contributed by atoms with Gasteiger partial charge in [-0.15, -0.1) is 11.8 Å². The summed E-state index contributed by atoms with van der Waals surface area (Å²) in [7, 11) is 0. The smallest absolute Gasteiger partial charge is 0.120 e. The second kappa shape index (κ2) is 6.62. The summed E-state index contributed by atoms with van der Waals surface area (Å²) in [6.45, 7) is 4.88. The van der Waals surface area contributed by atoms with Crippen molar-refractivity contribution in [1.29, 1.82) is 0 Å². The van der Waals surface area contributed by atoms with Gasteiger partial charge in [0, 0.05) is 10.6 Å². The summed E-state index contributed by atoms with van der Waals surface area (Å²) in [6, 6.07) is 5.86. The van der Waals surface area contributed by atoms with Gasteiger partial charge in [0.25, 0.3) is 0 Å². The third-order valence-electron chi connectivity index (χ3n) is 2.05. The Bertz CT molecular complexity index is 302. The Morgan fingerprint density at radius 1 is 1.33 bits per heavy atom. The number of anilines is 1. The van der Waals surface area contributed by atoms with Gasteiger partial charge in [0.1, 0.15) is 5.75 Å². The highest BCUT2D eigenvalue weighted by atomic mass is 32.2. The molecule has 0 spiro atoms. The molecule has 2 nitrogen and oxygen atoms in total. The first-order valence-corrected chi connectivity index (χ1v) is 6.41. The fourth-order valence-electron chi connectivity index (χ4n) is 1.22. The minimum Gasteiger partial charge on any atom is -0.494 e. The molecule has 0 aliphatic carbocycles. The van der Waals surface area contributed by atoms with E-state index in [1.54, 1.807) is 11.8 Å². The van der Waals surface area contributed by atoms with Crippen LogP contribution in [0.15, 0.2) is 23.1 Å². The van der Waals surface area contributed by atoms with Gasteiger partial charge in [-0.1, -0.05) is 13.3 Å². The molecule has 3 heteroatoms. The normalized spacial score (nSPS) is 10.3. The van der Waals surface area contributed by atoms with Gasteiger partial charge in [-0.05, 0) is 37.3 Å². The Kier molecular flexibility index (Phi) is 5.40. The first kappa shape index (κ1) is 12.2. The molecule has 0 atom stereocenters. The number of ether oxygens (including phenoxy) is 1. The fraction of sp³-hybridized carbons (Fsp3) is 0.500. The van der Waals surface area contributed by atoms with Crippen LogP contribution in [0.2, 0.25) is 0 Å². The standard InChI is InChI=1S/C12H19NOS/c1-3-5-8-15-12-9-10(14-4-2)6-7-11(12)13/h6-7,9H,3-5,8,13H2,1-2H3. The average molecular weight is 225 g/mol. The predicted octanol–water partition coefficient (Wildman–Crippen LogP) is 3.56. The Morgan fingerprint density at radius 2 is 2.13 bits per heavy atom. The van der Waals surface area contributed by atoms with E-state index in [0.717, 1.165) is 22.1 Å². The van der Waals surface area contributed by atoms with Gasteiger partial charge in [0.05, 0.1) is 6.61 Å². The van der Waals surface area contributed by atoms with Crippen molar-refractivity contribution >= 4 is 17.4 Å². The number of thioether (sulfide) groups is 1. The van der Waals surface area contributed by atoms with E-state index in [1.807, 2.05) is 25.1 Å². The van der Waals surface area contributed by atoms with Gasteiger partial charge in [0.15, 0.2) is 0 Å². The Morgan fingerprint density at radius 3 is 2.80 bits per heavy atom. The van der Waals surface area contributed by atoms with E-state index < -0.39 is 0 Å². The summed E-state index contributed by atoms with van der Waals surface area (Å²) in [5.74, 6) is 2.03. The third kappa shape index (κ3) is 4.04. The zero-order valence-electron chi connectivity index (χ0n) is 9.45. The molecule has 1 aromatic rings. The Labute approximate surface area is 96.2 Å². The van der Waals surface area contributed by atoms with E-state index in [4.69, 9.17) is 10.5 Å². The average Bonchev–Trinajstić information content (AvgIpc) is 2.23. The molecule has 0 saturated carbocycles. The lowest BCUT2D eigenvalue weighted by Crippen LogP contribution is -1.94. The molecule has 2 N–H and O–H groups in total. The van der Waals surface area contributed by atoms with E-state index in [0.29, 0.717) is 6.61 Å². The SMILES string of the molecule is CCCCSc1cc(OCC)ccc1N. The summed E-state index contributed by atoms with van der Waals surface area (Å²) in [6.07, 6.45) is 2.45. The largest absolute Gasteiger partial charge is 0.494 e. The van der Waals surface area contributed by atoms with Crippen molar-refractivity contribution < 1.29 is 4.74 Å².